The Balaban J connectivity index is 1.96. The Morgan fingerprint density at radius 1 is 1.22 bits per heavy atom. The minimum absolute atomic E-state index is 0.0614. The second-order valence-electron chi connectivity index (χ2n) is 6.85. The summed E-state index contributed by atoms with van der Waals surface area (Å²) in [6, 6.07) is 0.540. The summed E-state index contributed by atoms with van der Waals surface area (Å²) in [4.78, 5) is 14.5. The van der Waals surface area contributed by atoms with Gasteiger partial charge < -0.3 is 4.74 Å². The maximum absolute atomic E-state index is 12.2. The molecule has 0 spiro atoms. The fourth-order valence-electron chi connectivity index (χ4n) is 3.45. The van der Waals surface area contributed by atoms with Crippen LogP contribution in [0.2, 0.25) is 0 Å². The predicted molar refractivity (Wildman–Crippen MR) is 72.4 cm³/mol. The summed E-state index contributed by atoms with van der Waals surface area (Å²) in [5.74, 6) is 0.761. The van der Waals surface area contributed by atoms with E-state index in [9.17, 15) is 4.79 Å². The zero-order valence-electron chi connectivity index (χ0n) is 12.2. The first kappa shape index (κ1) is 13.9. The van der Waals surface area contributed by atoms with E-state index in [1.165, 1.54) is 32.1 Å². The van der Waals surface area contributed by atoms with Gasteiger partial charge in [-0.3, -0.25) is 9.69 Å². The van der Waals surface area contributed by atoms with Crippen LogP contribution in [0, 0.1) is 5.92 Å². The molecule has 2 aliphatic rings. The Morgan fingerprint density at radius 2 is 1.89 bits per heavy atom. The molecule has 1 saturated carbocycles. The van der Waals surface area contributed by atoms with Gasteiger partial charge >= 0.3 is 5.97 Å². The average molecular weight is 253 g/mol. The molecule has 104 valence electrons. The van der Waals surface area contributed by atoms with Crippen molar-refractivity contribution in [2.45, 2.75) is 77.5 Å². The van der Waals surface area contributed by atoms with Gasteiger partial charge in [0.25, 0.3) is 0 Å². The molecule has 0 amide bonds. The van der Waals surface area contributed by atoms with Crippen molar-refractivity contribution in [2.75, 3.05) is 6.54 Å². The highest BCUT2D eigenvalue weighted by Crippen LogP contribution is 2.37. The summed E-state index contributed by atoms with van der Waals surface area (Å²) >= 11 is 0. The highest BCUT2D eigenvalue weighted by Gasteiger charge is 2.40. The van der Waals surface area contributed by atoms with Crippen LogP contribution in [0.15, 0.2) is 0 Å². The number of nitrogens with zero attached hydrogens (tertiary/aromatic N) is 1. The van der Waals surface area contributed by atoms with Crippen LogP contribution in [0.3, 0.4) is 0 Å². The zero-order chi connectivity index (χ0) is 13.3. The second kappa shape index (κ2) is 5.20. The van der Waals surface area contributed by atoms with Crippen molar-refractivity contribution in [1.29, 1.82) is 0 Å². The van der Waals surface area contributed by atoms with Crippen LogP contribution in [-0.2, 0) is 9.53 Å². The van der Waals surface area contributed by atoms with E-state index in [4.69, 9.17) is 4.74 Å². The van der Waals surface area contributed by atoms with Gasteiger partial charge in [-0.05, 0) is 59.4 Å². The number of esters is 1. The van der Waals surface area contributed by atoms with Crippen LogP contribution in [0.1, 0.15) is 59.8 Å². The van der Waals surface area contributed by atoms with Crippen molar-refractivity contribution in [3.05, 3.63) is 0 Å². The summed E-state index contributed by atoms with van der Waals surface area (Å²) in [5.41, 5.74) is -0.378. The molecule has 1 aliphatic heterocycles. The molecule has 1 heterocycles. The molecule has 0 aromatic heterocycles. The van der Waals surface area contributed by atoms with Crippen molar-refractivity contribution in [1.82, 2.24) is 4.90 Å². The van der Waals surface area contributed by atoms with E-state index in [1.807, 2.05) is 27.7 Å². The van der Waals surface area contributed by atoms with Crippen molar-refractivity contribution >= 4 is 5.97 Å². The summed E-state index contributed by atoms with van der Waals surface area (Å²) in [6.07, 6.45) is 6.56. The van der Waals surface area contributed by atoms with E-state index in [0.29, 0.717) is 6.04 Å². The monoisotopic (exact) mass is 253 g/mol. The lowest BCUT2D eigenvalue weighted by atomic mass is 9.85. The molecule has 0 aromatic carbocycles. The summed E-state index contributed by atoms with van der Waals surface area (Å²) < 4.78 is 5.51. The van der Waals surface area contributed by atoms with E-state index in [-0.39, 0.29) is 17.6 Å². The summed E-state index contributed by atoms with van der Waals surface area (Å²) in [6.45, 7) is 8.88. The fourth-order valence-corrected chi connectivity index (χ4v) is 3.45. The lowest BCUT2D eigenvalue weighted by Crippen LogP contribution is -2.46. The van der Waals surface area contributed by atoms with Crippen molar-refractivity contribution in [3.63, 3.8) is 0 Å². The van der Waals surface area contributed by atoms with E-state index in [2.05, 4.69) is 4.90 Å². The molecule has 1 saturated heterocycles. The normalized spacial score (nSPS) is 30.9. The molecule has 2 fully saturated rings. The Labute approximate surface area is 111 Å². The van der Waals surface area contributed by atoms with Gasteiger partial charge in [-0.2, -0.15) is 0 Å². The molecule has 0 N–H and O–H groups in total. The van der Waals surface area contributed by atoms with Gasteiger partial charge in [0.1, 0.15) is 11.6 Å². The van der Waals surface area contributed by atoms with Crippen LogP contribution in [0.4, 0.5) is 0 Å². The van der Waals surface area contributed by atoms with Crippen LogP contribution < -0.4 is 0 Å². The molecule has 3 nitrogen and oxygen atoms in total. The van der Waals surface area contributed by atoms with Gasteiger partial charge in [0.2, 0.25) is 0 Å². The highest BCUT2D eigenvalue weighted by atomic mass is 16.6. The minimum atomic E-state index is -0.378. The minimum Gasteiger partial charge on any atom is -0.459 e. The van der Waals surface area contributed by atoms with Crippen LogP contribution >= 0.6 is 0 Å². The van der Waals surface area contributed by atoms with Crippen LogP contribution in [-0.4, -0.2) is 35.1 Å². The second-order valence-corrected chi connectivity index (χ2v) is 6.85. The molecular formula is C15H27NO2. The third-order valence-corrected chi connectivity index (χ3v) is 4.30. The molecule has 0 aromatic rings. The van der Waals surface area contributed by atoms with E-state index in [1.54, 1.807) is 0 Å². The number of fused-ring (bicyclic) bond motifs is 1. The molecule has 3 heteroatoms. The first-order valence-corrected chi connectivity index (χ1v) is 7.37. The summed E-state index contributed by atoms with van der Waals surface area (Å²) in [7, 11) is 0. The molecule has 1 aliphatic carbocycles. The molecule has 0 radical (unpaired) electrons. The summed E-state index contributed by atoms with van der Waals surface area (Å²) in [5, 5.41) is 0. The first-order valence-electron chi connectivity index (χ1n) is 7.37. The molecule has 3 unspecified atom stereocenters. The Morgan fingerprint density at radius 3 is 2.56 bits per heavy atom. The van der Waals surface area contributed by atoms with E-state index in [0.717, 1.165) is 12.5 Å². The van der Waals surface area contributed by atoms with Crippen LogP contribution in [0.25, 0.3) is 0 Å². The predicted octanol–water partition coefficient (Wildman–Crippen LogP) is 2.98. The standard InChI is InChI=1S/C15H27NO2/c1-11(14(17)18-15(2,3)4)16-10-9-12-7-5-6-8-13(12)16/h11-13H,5-10H2,1-4H3. The molecule has 2 rings (SSSR count). The van der Waals surface area contributed by atoms with E-state index >= 15 is 0 Å². The zero-order valence-corrected chi connectivity index (χ0v) is 12.2. The number of rotatable bonds is 2. The van der Waals surface area contributed by atoms with Gasteiger partial charge in [-0.25, -0.2) is 0 Å². The largest absolute Gasteiger partial charge is 0.459 e. The third kappa shape index (κ3) is 3.05. The van der Waals surface area contributed by atoms with Crippen molar-refractivity contribution in [3.8, 4) is 0 Å². The highest BCUT2D eigenvalue weighted by molar-refractivity contribution is 5.75. The average Bonchev–Trinajstić information content (AvgIpc) is 2.69. The maximum Gasteiger partial charge on any atom is 0.323 e. The molecule has 18 heavy (non-hydrogen) atoms. The van der Waals surface area contributed by atoms with Crippen molar-refractivity contribution in [2.24, 2.45) is 5.92 Å². The number of carbonyl (C=O) groups is 1. The van der Waals surface area contributed by atoms with Gasteiger partial charge in [0, 0.05) is 6.04 Å². The van der Waals surface area contributed by atoms with Crippen molar-refractivity contribution < 1.29 is 9.53 Å². The Hall–Kier alpha value is -0.570. The number of hydrogen-bond donors (Lipinski definition) is 0. The van der Waals surface area contributed by atoms with Crippen LogP contribution in [0.5, 0.6) is 0 Å². The smallest absolute Gasteiger partial charge is 0.323 e. The van der Waals surface area contributed by atoms with E-state index < -0.39 is 0 Å². The van der Waals surface area contributed by atoms with Gasteiger partial charge in [-0.15, -0.1) is 0 Å². The van der Waals surface area contributed by atoms with Gasteiger partial charge in [0.15, 0.2) is 0 Å². The Bertz CT molecular complexity index is 308. The maximum atomic E-state index is 12.2. The Kier molecular flexibility index (Phi) is 4.00. The number of carbonyl (C=O) groups excluding carboxylic acids is 1. The first-order chi connectivity index (χ1) is 8.38. The number of ether oxygens (including phenoxy) is 1. The molecule has 0 bridgehead atoms. The third-order valence-electron chi connectivity index (χ3n) is 4.30. The topological polar surface area (TPSA) is 29.5 Å². The molecule has 3 atom stereocenters. The SMILES string of the molecule is CC(C(=O)OC(C)(C)C)N1CCC2CCCCC21. The van der Waals surface area contributed by atoms with Gasteiger partial charge in [0.05, 0.1) is 0 Å². The lowest BCUT2D eigenvalue weighted by Gasteiger charge is -2.35. The quantitative estimate of drug-likeness (QED) is 0.709. The number of hydrogen-bond acceptors (Lipinski definition) is 3. The molecular weight excluding hydrogens is 226 g/mol. The fraction of sp³-hybridized carbons (Fsp3) is 0.933. The number of likely N-dealkylation sites (tertiary alicyclic amines) is 1. The lowest BCUT2D eigenvalue weighted by molar-refractivity contribution is -0.161. The van der Waals surface area contributed by atoms with Gasteiger partial charge in [-0.1, -0.05) is 12.8 Å².